The Morgan fingerprint density at radius 1 is 1.00 bits per heavy atom. The molecule has 0 saturated carbocycles. The van der Waals surface area contributed by atoms with Gasteiger partial charge in [-0.1, -0.05) is 0 Å². The van der Waals surface area contributed by atoms with E-state index in [-0.39, 0.29) is 25.1 Å². The lowest BCUT2D eigenvalue weighted by molar-refractivity contribution is 0.0688. The second-order valence-electron chi connectivity index (χ2n) is 4.12. The van der Waals surface area contributed by atoms with E-state index in [9.17, 15) is 9.90 Å². The van der Waals surface area contributed by atoms with E-state index in [1.165, 1.54) is 0 Å². The molecule has 6 heteroatoms. The quantitative estimate of drug-likeness (QED) is 0.723. The lowest BCUT2D eigenvalue weighted by Crippen LogP contribution is -2.05. The Morgan fingerprint density at radius 3 is 1.75 bits per heavy atom. The number of fused-ring (bicyclic) bond motifs is 2. The van der Waals surface area contributed by atoms with Crippen LogP contribution >= 0.6 is 47.0 Å². The lowest BCUT2D eigenvalue weighted by atomic mass is 10.1. The second-order valence-corrected chi connectivity index (χ2v) is 9.53. The van der Waals surface area contributed by atoms with Gasteiger partial charge in [-0.25, -0.2) is 4.79 Å². The van der Waals surface area contributed by atoms with Gasteiger partial charge in [-0.05, 0) is 39.9 Å². The van der Waals surface area contributed by atoms with Crippen LogP contribution in [0.2, 0.25) is 0 Å². The number of hydrogen-bond donors (Lipinski definition) is 1. The minimum absolute atomic E-state index is 0.0146. The minimum Gasteiger partial charge on any atom is -0.478 e. The Balaban J connectivity index is 2.32. The molecule has 3 rings (SSSR count). The standard InChI is InChI=1S/C14H15O2S4/c1-6-8-10(19-13(2,3)17-8)7(12(15)16)11-9(6)18-14(4,5)20-11/h1H2,2-5H3,(H,15,16)/i2D3,3D3,4D3,5D3. The predicted molar refractivity (Wildman–Crippen MR) is 89.4 cm³/mol. The Kier molecular flexibility index (Phi) is 1.43. The molecular formula is C14H15O2S4. The number of carboxylic acid groups (broad SMARTS) is 1. The fourth-order valence-corrected chi connectivity index (χ4v) is 6.90. The van der Waals surface area contributed by atoms with Crippen LogP contribution in [-0.4, -0.2) is 19.2 Å². The van der Waals surface area contributed by atoms with Crippen molar-refractivity contribution >= 4 is 53.0 Å². The summed E-state index contributed by atoms with van der Waals surface area (Å²) in [6, 6.07) is 0. The Labute approximate surface area is 153 Å². The van der Waals surface area contributed by atoms with Crippen LogP contribution in [0.4, 0.5) is 0 Å². The molecule has 0 saturated heterocycles. The minimum atomic E-state index is -3.03. The van der Waals surface area contributed by atoms with Crippen molar-refractivity contribution in [3.8, 4) is 0 Å². The van der Waals surface area contributed by atoms with Gasteiger partial charge in [-0.2, -0.15) is 0 Å². The average Bonchev–Trinajstić information content (AvgIpc) is 3.13. The van der Waals surface area contributed by atoms with Gasteiger partial charge in [0.25, 0.3) is 0 Å². The largest absolute Gasteiger partial charge is 0.478 e. The molecule has 0 amide bonds. The molecule has 2 aliphatic heterocycles. The molecule has 0 atom stereocenters. The SMILES string of the molecule is [2H]C([2H])([2H])C1(C([2H])([2H])[2H])Sc2c([CH2])c3c(c(C(=O)O)c2S1)SC(C([2H])([2H])[2H])(C([2H])([2H])[2H])S3. The summed E-state index contributed by atoms with van der Waals surface area (Å²) in [5.74, 6) is -1.56. The highest BCUT2D eigenvalue weighted by molar-refractivity contribution is 8.21. The van der Waals surface area contributed by atoms with E-state index < -0.39 is 47.1 Å². The van der Waals surface area contributed by atoms with E-state index in [0.717, 1.165) is 0 Å². The normalized spacial score (nSPS) is 33.0. The molecule has 2 aliphatic rings. The molecule has 20 heavy (non-hydrogen) atoms. The number of benzene rings is 1. The smallest absolute Gasteiger partial charge is 0.338 e. The molecule has 0 bridgehead atoms. The zero-order valence-corrected chi connectivity index (χ0v) is 13.0. The highest BCUT2D eigenvalue weighted by Crippen LogP contribution is 2.65. The van der Waals surface area contributed by atoms with Gasteiger partial charge in [-0.15, -0.1) is 47.0 Å². The summed E-state index contributed by atoms with van der Waals surface area (Å²) in [6.45, 7) is -8.28. The van der Waals surface area contributed by atoms with Crippen LogP contribution in [0.1, 0.15) is 59.8 Å². The third kappa shape index (κ3) is 2.28. The summed E-state index contributed by atoms with van der Waals surface area (Å²) in [6.07, 6.45) is 0. The molecule has 0 aromatic heterocycles. The molecule has 0 unspecified atom stereocenters. The second kappa shape index (κ2) is 4.54. The first-order valence-corrected chi connectivity index (χ1v) is 8.43. The van der Waals surface area contributed by atoms with Crippen molar-refractivity contribution in [2.24, 2.45) is 0 Å². The maximum Gasteiger partial charge on any atom is 0.338 e. The number of hydrogen-bond acceptors (Lipinski definition) is 5. The first-order valence-electron chi connectivity index (χ1n) is 11.2. The first kappa shape index (κ1) is 6.30. The van der Waals surface area contributed by atoms with Crippen LogP contribution in [0, 0.1) is 6.92 Å². The zero-order chi connectivity index (χ0) is 24.9. The molecule has 0 spiro atoms. The fraction of sp³-hybridized carbons (Fsp3) is 0.429. The van der Waals surface area contributed by atoms with Gasteiger partial charge in [0.05, 0.1) is 13.7 Å². The molecular weight excluding hydrogens is 328 g/mol. The third-order valence-corrected chi connectivity index (χ3v) is 7.55. The van der Waals surface area contributed by atoms with Gasteiger partial charge in [0.1, 0.15) is 0 Å². The lowest BCUT2D eigenvalue weighted by Gasteiger charge is -2.15. The average molecular weight is 356 g/mol. The monoisotopic (exact) mass is 355 g/mol. The van der Waals surface area contributed by atoms with Crippen LogP contribution in [0.25, 0.3) is 0 Å². The van der Waals surface area contributed by atoms with Gasteiger partial charge in [0, 0.05) is 36.0 Å². The van der Waals surface area contributed by atoms with Gasteiger partial charge in [0.2, 0.25) is 0 Å². The molecule has 1 N–H and O–H groups in total. The molecule has 1 aromatic rings. The molecule has 0 aliphatic carbocycles. The molecule has 2 heterocycles. The summed E-state index contributed by atoms with van der Waals surface area (Å²) in [7, 11) is 0. The van der Waals surface area contributed by atoms with Crippen molar-refractivity contribution in [3.05, 3.63) is 18.1 Å². The van der Waals surface area contributed by atoms with E-state index in [1.807, 2.05) is 0 Å². The third-order valence-electron chi connectivity index (χ3n) is 2.61. The Hall–Kier alpha value is 0.0900. The number of thioether (sulfide) groups is 4. The van der Waals surface area contributed by atoms with E-state index in [0.29, 0.717) is 47.0 Å². The number of carbonyl (C=O) groups is 1. The van der Waals surface area contributed by atoms with Gasteiger partial charge < -0.3 is 5.11 Å². The van der Waals surface area contributed by atoms with Crippen molar-refractivity contribution in [2.45, 2.75) is 55.1 Å². The fourth-order valence-electron chi connectivity index (χ4n) is 1.93. The van der Waals surface area contributed by atoms with E-state index in [2.05, 4.69) is 6.92 Å². The van der Waals surface area contributed by atoms with E-state index >= 15 is 0 Å². The maximum absolute atomic E-state index is 12.2. The van der Waals surface area contributed by atoms with E-state index in [4.69, 9.17) is 16.4 Å². The molecule has 107 valence electrons. The van der Waals surface area contributed by atoms with Crippen molar-refractivity contribution in [3.63, 3.8) is 0 Å². The van der Waals surface area contributed by atoms with E-state index in [1.54, 1.807) is 0 Å². The predicted octanol–water partition coefficient (Wildman–Crippen LogP) is 5.43. The number of rotatable bonds is 1. The molecule has 1 radical (unpaired) electrons. The van der Waals surface area contributed by atoms with Crippen LogP contribution in [0.3, 0.4) is 0 Å². The van der Waals surface area contributed by atoms with Gasteiger partial charge in [0.15, 0.2) is 0 Å². The summed E-state index contributed by atoms with van der Waals surface area (Å²) >= 11 is 1.61. The summed E-state index contributed by atoms with van der Waals surface area (Å²) in [5, 5.41) is 9.93. The Bertz CT molecular complexity index is 895. The van der Waals surface area contributed by atoms with Crippen LogP contribution in [-0.2, 0) is 0 Å². The highest BCUT2D eigenvalue weighted by Gasteiger charge is 2.42. The topological polar surface area (TPSA) is 37.3 Å². The zero-order valence-electron chi connectivity index (χ0n) is 21.7. The van der Waals surface area contributed by atoms with Gasteiger partial charge in [-0.3, -0.25) is 0 Å². The number of aromatic carboxylic acids is 1. The van der Waals surface area contributed by atoms with Crippen molar-refractivity contribution < 1.29 is 26.4 Å². The van der Waals surface area contributed by atoms with Crippen molar-refractivity contribution in [2.75, 3.05) is 0 Å². The summed E-state index contributed by atoms with van der Waals surface area (Å²) < 4.78 is 89.4. The highest BCUT2D eigenvalue weighted by atomic mass is 32.2. The van der Waals surface area contributed by atoms with Gasteiger partial charge >= 0.3 is 5.97 Å². The summed E-state index contributed by atoms with van der Waals surface area (Å²) in [4.78, 5) is 11.9. The maximum atomic E-state index is 12.2. The van der Waals surface area contributed by atoms with Crippen LogP contribution < -0.4 is 0 Å². The molecule has 2 nitrogen and oxygen atoms in total. The molecule has 0 fully saturated rings. The molecule has 1 aromatic carbocycles. The Morgan fingerprint density at radius 2 is 1.40 bits per heavy atom. The number of carboxylic acids is 1. The van der Waals surface area contributed by atoms with Crippen molar-refractivity contribution in [1.29, 1.82) is 0 Å². The van der Waals surface area contributed by atoms with Crippen molar-refractivity contribution in [1.82, 2.24) is 0 Å². The summed E-state index contributed by atoms with van der Waals surface area (Å²) in [5.41, 5.74) is -0.496. The van der Waals surface area contributed by atoms with Crippen LogP contribution in [0.5, 0.6) is 0 Å². The first-order chi connectivity index (χ1) is 14.1. The van der Waals surface area contributed by atoms with Crippen LogP contribution in [0.15, 0.2) is 19.6 Å².